The second-order valence-corrected chi connectivity index (χ2v) is 7.15. The SMILES string of the molecule is O=C(c1cncc(NC2CCCC2)c1)N1CCN(C(=O)c2ccco2)CC1. The van der Waals surface area contributed by atoms with Crippen LogP contribution in [-0.4, -0.2) is 58.8 Å². The van der Waals surface area contributed by atoms with E-state index in [0.717, 1.165) is 5.69 Å². The first kappa shape index (κ1) is 17.6. The highest BCUT2D eigenvalue weighted by atomic mass is 16.3. The van der Waals surface area contributed by atoms with Crippen molar-refractivity contribution in [1.82, 2.24) is 14.8 Å². The van der Waals surface area contributed by atoms with Gasteiger partial charge in [-0.25, -0.2) is 0 Å². The van der Waals surface area contributed by atoms with Gasteiger partial charge in [-0.2, -0.15) is 0 Å². The minimum Gasteiger partial charge on any atom is -0.459 e. The Hall–Kier alpha value is -2.83. The highest BCUT2D eigenvalue weighted by Crippen LogP contribution is 2.22. The molecule has 1 aliphatic carbocycles. The first-order valence-corrected chi connectivity index (χ1v) is 9.54. The number of carbonyl (C=O) groups is 2. The first-order valence-electron chi connectivity index (χ1n) is 9.54. The molecule has 2 aromatic heterocycles. The second kappa shape index (κ2) is 7.82. The molecule has 3 heterocycles. The number of anilines is 1. The van der Waals surface area contributed by atoms with Gasteiger partial charge in [0.2, 0.25) is 0 Å². The summed E-state index contributed by atoms with van der Waals surface area (Å²) in [5.74, 6) is 0.170. The fraction of sp³-hybridized carbons (Fsp3) is 0.450. The minimum atomic E-state index is -0.128. The van der Waals surface area contributed by atoms with E-state index in [9.17, 15) is 9.59 Å². The van der Waals surface area contributed by atoms with Gasteiger partial charge in [0.05, 0.1) is 17.5 Å². The summed E-state index contributed by atoms with van der Waals surface area (Å²) in [5, 5.41) is 3.48. The molecule has 0 unspecified atom stereocenters. The zero-order chi connectivity index (χ0) is 18.6. The molecule has 0 spiro atoms. The van der Waals surface area contributed by atoms with Crippen molar-refractivity contribution in [3.05, 3.63) is 48.2 Å². The molecule has 142 valence electrons. The molecule has 0 atom stereocenters. The topological polar surface area (TPSA) is 78.7 Å². The molecule has 1 N–H and O–H groups in total. The molecule has 1 saturated heterocycles. The molecule has 2 aliphatic rings. The molecule has 2 aromatic rings. The van der Waals surface area contributed by atoms with Crippen LogP contribution in [0.25, 0.3) is 0 Å². The van der Waals surface area contributed by atoms with Gasteiger partial charge in [-0.05, 0) is 31.0 Å². The Morgan fingerprint density at radius 1 is 1.04 bits per heavy atom. The third-order valence-electron chi connectivity index (χ3n) is 5.30. The van der Waals surface area contributed by atoms with Crippen LogP contribution in [0.4, 0.5) is 5.69 Å². The van der Waals surface area contributed by atoms with E-state index < -0.39 is 0 Å². The van der Waals surface area contributed by atoms with Gasteiger partial charge in [-0.1, -0.05) is 12.8 Å². The zero-order valence-electron chi connectivity index (χ0n) is 15.3. The van der Waals surface area contributed by atoms with Crippen molar-refractivity contribution in [3.63, 3.8) is 0 Å². The van der Waals surface area contributed by atoms with Gasteiger partial charge in [-0.3, -0.25) is 14.6 Å². The number of nitrogens with zero attached hydrogens (tertiary/aromatic N) is 3. The standard InChI is InChI=1S/C20H24N4O3/c25-19(15-12-17(14-21-13-15)22-16-4-1-2-5-16)23-7-9-24(10-8-23)20(26)18-6-3-11-27-18/h3,6,11-14,16,22H,1-2,4-5,7-10H2. The minimum absolute atomic E-state index is 0.0392. The molecule has 4 rings (SSSR count). The number of nitrogens with one attached hydrogen (secondary N) is 1. The van der Waals surface area contributed by atoms with Crippen molar-refractivity contribution < 1.29 is 14.0 Å². The van der Waals surface area contributed by atoms with Crippen molar-refractivity contribution in [2.45, 2.75) is 31.7 Å². The molecule has 2 fully saturated rings. The van der Waals surface area contributed by atoms with E-state index in [2.05, 4.69) is 10.3 Å². The Kier molecular flexibility index (Phi) is 5.09. The molecule has 0 radical (unpaired) electrons. The molecule has 7 heteroatoms. The maximum absolute atomic E-state index is 12.8. The largest absolute Gasteiger partial charge is 0.459 e. The average Bonchev–Trinajstić information content (AvgIpc) is 3.41. The van der Waals surface area contributed by atoms with Gasteiger partial charge >= 0.3 is 0 Å². The van der Waals surface area contributed by atoms with Crippen LogP contribution in [0.15, 0.2) is 41.3 Å². The summed E-state index contributed by atoms with van der Waals surface area (Å²) in [5.41, 5.74) is 1.49. The third-order valence-corrected chi connectivity index (χ3v) is 5.30. The molecule has 0 bridgehead atoms. The number of piperazine rings is 1. The monoisotopic (exact) mass is 368 g/mol. The van der Waals surface area contributed by atoms with Gasteiger partial charge in [0.1, 0.15) is 0 Å². The highest BCUT2D eigenvalue weighted by molar-refractivity contribution is 5.95. The Labute approximate surface area is 158 Å². The Morgan fingerprint density at radius 3 is 2.41 bits per heavy atom. The van der Waals surface area contributed by atoms with Gasteiger partial charge in [0.25, 0.3) is 11.8 Å². The summed E-state index contributed by atoms with van der Waals surface area (Å²) >= 11 is 0. The number of aromatic nitrogens is 1. The summed E-state index contributed by atoms with van der Waals surface area (Å²) in [7, 11) is 0. The number of furan rings is 1. The Balaban J connectivity index is 1.35. The predicted molar refractivity (Wildman–Crippen MR) is 101 cm³/mol. The van der Waals surface area contributed by atoms with Crippen LogP contribution in [-0.2, 0) is 0 Å². The van der Waals surface area contributed by atoms with Gasteiger partial charge in [0, 0.05) is 44.6 Å². The molecule has 1 saturated carbocycles. The number of amides is 2. The molecular weight excluding hydrogens is 344 g/mol. The van der Waals surface area contributed by atoms with E-state index in [1.54, 1.807) is 34.3 Å². The van der Waals surface area contributed by atoms with Crippen LogP contribution in [0.1, 0.15) is 46.6 Å². The quantitative estimate of drug-likeness (QED) is 0.897. The van der Waals surface area contributed by atoms with E-state index in [1.165, 1.54) is 31.9 Å². The van der Waals surface area contributed by atoms with Gasteiger partial charge in [-0.15, -0.1) is 0 Å². The first-order chi connectivity index (χ1) is 13.2. The predicted octanol–water partition coefficient (Wildman–Crippen LogP) is 2.63. The second-order valence-electron chi connectivity index (χ2n) is 7.15. The van der Waals surface area contributed by atoms with E-state index in [4.69, 9.17) is 4.42 Å². The smallest absolute Gasteiger partial charge is 0.289 e. The summed E-state index contributed by atoms with van der Waals surface area (Å²) in [6.07, 6.45) is 9.73. The van der Waals surface area contributed by atoms with Crippen molar-refractivity contribution in [1.29, 1.82) is 0 Å². The van der Waals surface area contributed by atoms with Crippen LogP contribution >= 0.6 is 0 Å². The number of pyridine rings is 1. The van der Waals surface area contributed by atoms with Crippen LogP contribution in [0.5, 0.6) is 0 Å². The summed E-state index contributed by atoms with van der Waals surface area (Å²) < 4.78 is 5.17. The molecule has 2 amide bonds. The number of hydrogen-bond donors (Lipinski definition) is 1. The Morgan fingerprint density at radius 2 is 1.74 bits per heavy atom. The third kappa shape index (κ3) is 3.97. The summed E-state index contributed by atoms with van der Waals surface area (Å²) in [6, 6.07) is 5.72. The van der Waals surface area contributed by atoms with E-state index >= 15 is 0 Å². The normalized spacial score (nSPS) is 17.9. The van der Waals surface area contributed by atoms with Crippen LogP contribution in [0.3, 0.4) is 0 Å². The highest BCUT2D eigenvalue weighted by Gasteiger charge is 2.27. The molecule has 7 nitrogen and oxygen atoms in total. The maximum Gasteiger partial charge on any atom is 0.289 e. The van der Waals surface area contributed by atoms with Crippen molar-refractivity contribution >= 4 is 17.5 Å². The van der Waals surface area contributed by atoms with E-state index in [1.807, 2.05) is 6.07 Å². The van der Waals surface area contributed by atoms with Crippen LogP contribution in [0, 0.1) is 0 Å². The zero-order valence-corrected chi connectivity index (χ0v) is 15.3. The number of carbonyl (C=O) groups excluding carboxylic acids is 2. The Bertz CT molecular complexity index is 791. The fourth-order valence-electron chi connectivity index (χ4n) is 3.79. The van der Waals surface area contributed by atoms with E-state index in [-0.39, 0.29) is 11.8 Å². The molecule has 1 aliphatic heterocycles. The maximum atomic E-state index is 12.8. The van der Waals surface area contributed by atoms with Crippen molar-refractivity contribution in [3.8, 4) is 0 Å². The van der Waals surface area contributed by atoms with Gasteiger partial charge in [0.15, 0.2) is 5.76 Å². The number of hydrogen-bond acceptors (Lipinski definition) is 5. The molecule has 27 heavy (non-hydrogen) atoms. The lowest BCUT2D eigenvalue weighted by atomic mass is 10.2. The summed E-state index contributed by atoms with van der Waals surface area (Å²) in [4.78, 5) is 32.9. The fourth-order valence-corrected chi connectivity index (χ4v) is 3.79. The lowest BCUT2D eigenvalue weighted by molar-refractivity contribution is 0.0518. The van der Waals surface area contributed by atoms with E-state index in [0.29, 0.717) is 43.5 Å². The molecule has 0 aromatic carbocycles. The summed E-state index contributed by atoms with van der Waals surface area (Å²) in [6.45, 7) is 2.01. The number of rotatable bonds is 4. The van der Waals surface area contributed by atoms with Crippen molar-refractivity contribution in [2.75, 3.05) is 31.5 Å². The molecular formula is C20H24N4O3. The lowest BCUT2D eigenvalue weighted by Gasteiger charge is -2.34. The lowest BCUT2D eigenvalue weighted by Crippen LogP contribution is -2.50. The van der Waals surface area contributed by atoms with Crippen LogP contribution in [0.2, 0.25) is 0 Å². The van der Waals surface area contributed by atoms with Crippen LogP contribution < -0.4 is 5.32 Å². The van der Waals surface area contributed by atoms with Crippen molar-refractivity contribution in [2.24, 2.45) is 0 Å². The average molecular weight is 368 g/mol. The van der Waals surface area contributed by atoms with Gasteiger partial charge < -0.3 is 19.5 Å².